The second-order valence-electron chi connectivity index (χ2n) is 16.3. The molecule has 0 radical (unpaired) electrons. The molecule has 3 aliphatic heterocycles. The maximum atomic E-state index is 14.1. The van der Waals surface area contributed by atoms with E-state index < -0.39 is 30.3 Å². The van der Waals surface area contributed by atoms with Gasteiger partial charge < -0.3 is 39.8 Å². The van der Waals surface area contributed by atoms with Gasteiger partial charge in [0.25, 0.3) is 5.91 Å². The van der Waals surface area contributed by atoms with Crippen LogP contribution < -0.4 is 10.6 Å². The number of carbonyl (C=O) groups is 5. The molecule has 16 heteroatoms. The van der Waals surface area contributed by atoms with Crippen molar-refractivity contribution in [3.8, 4) is 22.4 Å². The minimum absolute atomic E-state index is 0.0127. The van der Waals surface area contributed by atoms with E-state index in [2.05, 4.69) is 20.6 Å². The quantitative estimate of drug-likeness (QED) is 0.162. The Hall–Kier alpha value is -6.84. The van der Waals surface area contributed by atoms with Gasteiger partial charge in [0.1, 0.15) is 29.8 Å². The summed E-state index contributed by atoms with van der Waals surface area (Å²) in [5.41, 5.74) is 5.93. The smallest absolute Gasteiger partial charge is 0.407 e. The predicted octanol–water partition coefficient (Wildman–Crippen LogP) is 5.68. The van der Waals surface area contributed by atoms with Crippen LogP contribution in [0.3, 0.4) is 0 Å². The SMILES string of the molecule is COC(=O)NC(C(=O)N1CN(C(=O)c2ccccc2)CC1C1=NCC(c2ccc(-c3ccc(-c4cnc(C5CCCN5C(=O)C(NC(=O)OC)C(C)C)[nH]4)cc3)cc2)=N1)C(C)C. The predicted molar refractivity (Wildman–Crippen MR) is 233 cm³/mol. The summed E-state index contributed by atoms with van der Waals surface area (Å²) in [5.74, 6) is 0.0424. The number of nitrogens with one attached hydrogen (secondary N) is 3. The summed E-state index contributed by atoms with van der Waals surface area (Å²) in [7, 11) is 2.53. The molecule has 7 rings (SSSR count). The number of nitrogens with zero attached hydrogens (tertiary/aromatic N) is 6. The van der Waals surface area contributed by atoms with Crippen molar-refractivity contribution in [3.63, 3.8) is 0 Å². The molecule has 3 N–H and O–H groups in total. The zero-order chi connectivity index (χ0) is 44.1. The molecule has 5 amide bonds. The van der Waals surface area contributed by atoms with Crippen molar-refractivity contribution in [2.45, 2.75) is 64.7 Å². The van der Waals surface area contributed by atoms with Gasteiger partial charge in [-0.15, -0.1) is 0 Å². The molecule has 1 aromatic heterocycles. The van der Waals surface area contributed by atoms with Gasteiger partial charge in [0.15, 0.2) is 0 Å². The highest BCUT2D eigenvalue weighted by molar-refractivity contribution is 6.14. The van der Waals surface area contributed by atoms with Crippen molar-refractivity contribution in [2.75, 3.05) is 40.5 Å². The number of rotatable bonds is 12. The first-order chi connectivity index (χ1) is 29.9. The van der Waals surface area contributed by atoms with Gasteiger partial charge in [-0.05, 0) is 59.1 Å². The molecule has 16 nitrogen and oxygen atoms in total. The Morgan fingerprint density at radius 3 is 1.87 bits per heavy atom. The van der Waals surface area contributed by atoms with Crippen LogP contribution >= 0.6 is 0 Å². The number of alkyl carbamates (subject to hydrolysis) is 2. The van der Waals surface area contributed by atoms with E-state index >= 15 is 0 Å². The van der Waals surface area contributed by atoms with Gasteiger partial charge in [0.05, 0.1) is 57.6 Å². The lowest BCUT2D eigenvalue weighted by Gasteiger charge is -2.30. The fourth-order valence-electron chi connectivity index (χ4n) is 8.12. The number of aliphatic imine (C=N–C) groups is 2. The molecule has 4 heterocycles. The number of amides is 5. The van der Waals surface area contributed by atoms with Crippen LogP contribution in [-0.4, -0.2) is 125 Å². The molecule has 3 aromatic carbocycles. The highest BCUT2D eigenvalue weighted by Gasteiger charge is 2.43. The Kier molecular flexibility index (Phi) is 13.1. The van der Waals surface area contributed by atoms with Gasteiger partial charge in [0, 0.05) is 12.1 Å². The van der Waals surface area contributed by atoms with Gasteiger partial charge in [-0.2, -0.15) is 0 Å². The fraction of sp³-hybridized carbons (Fsp3) is 0.391. The molecular formula is C46H53N9O7. The number of carbonyl (C=O) groups excluding carboxylic acids is 5. The molecule has 0 bridgehead atoms. The van der Waals surface area contributed by atoms with Crippen molar-refractivity contribution in [3.05, 3.63) is 102 Å². The minimum atomic E-state index is -0.886. The zero-order valence-electron chi connectivity index (χ0n) is 35.8. The molecule has 2 fully saturated rings. The first kappa shape index (κ1) is 43.3. The Morgan fingerprint density at radius 1 is 0.726 bits per heavy atom. The van der Waals surface area contributed by atoms with Crippen molar-refractivity contribution >= 4 is 41.5 Å². The Morgan fingerprint density at radius 2 is 1.29 bits per heavy atom. The third-order valence-corrected chi connectivity index (χ3v) is 11.6. The number of amidine groups is 1. The van der Waals surface area contributed by atoms with E-state index in [-0.39, 0.29) is 48.8 Å². The van der Waals surface area contributed by atoms with Crippen LogP contribution in [0.4, 0.5) is 9.59 Å². The maximum absolute atomic E-state index is 14.1. The summed E-state index contributed by atoms with van der Waals surface area (Å²) in [5, 5.41) is 5.35. The van der Waals surface area contributed by atoms with Crippen molar-refractivity contribution in [1.29, 1.82) is 0 Å². The van der Waals surface area contributed by atoms with E-state index in [1.807, 2.05) is 82.3 Å². The van der Waals surface area contributed by atoms with Gasteiger partial charge in [-0.1, -0.05) is 94.4 Å². The molecule has 4 unspecified atom stereocenters. The molecule has 62 heavy (non-hydrogen) atoms. The van der Waals surface area contributed by atoms with Crippen LogP contribution in [0.1, 0.15) is 68.3 Å². The van der Waals surface area contributed by atoms with E-state index in [1.54, 1.807) is 45.2 Å². The lowest BCUT2D eigenvalue weighted by molar-refractivity contribution is -0.136. The Labute approximate surface area is 360 Å². The number of imidazole rings is 1. The number of likely N-dealkylation sites (tertiary alicyclic amines) is 1. The van der Waals surface area contributed by atoms with Crippen LogP contribution in [-0.2, 0) is 19.1 Å². The first-order valence-electron chi connectivity index (χ1n) is 20.9. The van der Waals surface area contributed by atoms with E-state index in [0.717, 1.165) is 46.5 Å². The monoisotopic (exact) mass is 843 g/mol. The van der Waals surface area contributed by atoms with Gasteiger partial charge in [0.2, 0.25) is 11.8 Å². The minimum Gasteiger partial charge on any atom is -0.453 e. The van der Waals surface area contributed by atoms with Crippen LogP contribution in [0.2, 0.25) is 0 Å². The molecular weight excluding hydrogens is 791 g/mol. The highest BCUT2D eigenvalue weighted by Crippen LogP contribution is 2.33. The maximum Gasteiger partial charge on any atom is 0.407 e. The van der Waals surface area contributed by atoms with Gasteiger partial charge in [-0.3, -0.25) is 19.4 Å². The van der Waals surface area contributed by atoms with E-state index in [1.165, 1.54) is 14.2 Å². The average molecular weight is 844 g/mol. The first-order valence-corrected chi connectivity index (χ1v) is 20.9. The third kappa shape index (κ3) is 9.23. The van der Waals surface area contributed by atoms with E-state index in [9.17, 15) is 24.0 Å². The van der Waals surface area contributed by atoms with Crippen LogP contribution in [0.25, 0.3) is 22.4 Å². The average Bonchev–Trinajstić information content (AvgIpc) is 4.14. The van der Waals surface area contributed by atoms with Crippen LogP contribution in [0, 0.1) is 11.8 Å². The van der Waals surface area contributed by atoms with Crippen molar-refractivity contribution in [1.82, 2.24) is 35.3 Å². The third-order valence-electron chi connectivity index (χ3n) is 11.6. The summed E-state index contributed by atoms with van der Waals surface area (Å²) in [6.45, 7) is 8.55. The van der Waals surface area contributed by atoms with Crippen LogP contribution in [0.5, 0.6) is 0 Å². The number of H-pyrrole nitrogens is 1. The number of ether oxygens (including phenoxy) is 2. The molecule has 3 aliphatic rings. The molecule has 0 aliphatic carbocycles. The summed E-state index contributed by atoms with van der Waals surface area (Å²) in [6, 6.07) is 22.7. The summed E-state index contributed by atoms with van der Waals surface area (Å²) >= 11 is 0. The lowest BCUT2D eigenvalue weighted by atomic mass is 10.0. The van der Waals surface area contributed by atoms with Gasteiger partial charge >= 0.3 is 12.2 Å². The molecule has 324 valence electrons. The Bertz CT molecular complexity index is 2340. The normalized spacial score (nSPS) is 18.4. The molecule has 4 aromatic rings. The van der Waals surface area contributed by atoms with Crippen LogP contribution in [0.15, 0.2) is 95.0 Å². The topological polar surface area (TPSA) is 191 Å². The second-order valence-corrected chi connectivity index (χ2v) is 16.3. The van der Waals surface area contributed by atoms with E-state index in [4.69, 9.17) is 19.5 Å². The number of aromatic nitrogens is 2. The largest absolute Gasteiger partial charge is 0.453 e. The highest BCUT2D eigenvalue weighted by atomic mass is 16.5. The summed E-state index contributed by atoms with van der Waals surface area (Å²) in [4.78, 5) is 88.2. The summed E-state index contributed by atoms with van der Waals surface area (Å²) < 4.78 is 9.56. The zero-order valence-corrected chi connectivity index (χ0v) is 35.8. The molecule has 2 saturated heterocycles. The van der Waals surface area contributed by atoms with Gasteiger partial charge in [-0.25, -0.2) is 19.6 Å². The Balaban J connectivity index is 1.04. The lowest BCUT2D eigenvalue weighted by Crippen LogP contribution is -2.54. The number of hydrogen-bond acceptors (Lipinski definition) is 10. The molecule has 4 atom stereocenters. The molecule has 0 spiro atoms. The van der Waals surface area contributed by atoms with Crippen molar-refractivity contribution < 1.29 is 33.4 Å². The standard InChI is InChI=1S/C46H53N9O7/c1-27(2)38(51-45(59)61-5)43(57)54-22-10-13-36(54)40-47-23-34(49-40)31-18-14-29(15-19-31)30-16-20-32(21-17-30)35-24-48-41(50-35)37-25-53(42(56)33-11-8-7-9-12-33)26-55(37)44(58)39(28(3)4)52-46(60)62-6/h7-9,11-12,14-21,23,27-28,36-39H,10,13,22,24-26H2,1-6H3,(H,47,49)(H,51,59)(H,52,60). The second kappa shape index (κ2) is 18.8. The molecule has 0 saturated carbocycles. The van der Waals surface area contributed by atoms with Crippen molar-refractivity contribution in [2.24, 2.45) is 21.8 Å². The fourth-order valence-corrected chi connectivity index (χ4v) is 8.12. The van der Waals surface area contributed by atoms with E-state index in [0.29, 0.717) is 30.3 Å². The number of methoxy groups -OCH3 is 2. The number of benzene rings is 3. The number of aromatic amines is 1. The number of hydrogen-bond donors (Lipinski definition) is 3. The summed E-state index contributed by atoms with van der Waals surface area (Å²) in [6.07, 6.45) is 2.02.